The second-order valence-electron chi connectivity index (χ2n) is 7.28. The first-order chi connectivity index (χ1) is 15.5. The Bertz CT molecular complexity index is 1110. The van der Waals surface area contributed by atoms with Crippen molar-refractivity contribution in [3.8, 4) is 22.8 Å². The number of hydrogen-bond donors (Lipinski definition) is 1. The third-order valence-electron chi connectivity index (χ3n) is 5.24. The summed E-state index contributed by atoms with van der Waals surface area (Å²) in [6.45, 7) is 3.69. The van der Waals surface area contributed by atoms with Gasteiger partial charge in [-0.2, -0.15) is 5.10 Å². The molecule has 1 aliphatic heterocycles. The normalized spacial score (nSPS) is 13.2. The first-order valence-corrected chi connectivity index (χ1v) is 10.6. The molecule has 168 valence electrons. The van der Waals surface area contributed by atoms with Crippen LogP contribution in [0.5, 0.6) is 11.5 Å². The maximum atomic E-state index is 12.8. The molecular formula is C23H25ClN4O4. The number of carbonyl (C=O) groups excluding carboxylic acids is 1. The molecule has 0 unspecified atom stereocenters. The molecule has 32 heavy (non-hydrogen) atoms. The average molecular weight is 457 g/mol. The van der Waals surface area contributed by atoms with Gasteiger partial charge in [0, 0.05) is 22.7 Å². The number of hydrogen-bond acceptors (Lipinski definition) is 7. The van der Waals surface area contributed by atoms with Gasteiger partial charge in [-0.3, -0.25) is 4.90 Å². The summed E-state index contributed by atoms with van der Waals surface area (Å²) in [6.07, 6.45) is 0. The minimum atomic E-state index is -0.408. The summed E-state index contributed by atoms with van der Waals surface area (Å²) in [5.74, 6) is 1.78. The summed E-state index contributed by atoms with van der Waals surface area (Å²) in [4.78, 5) is 14.9. The van der Waals surface area contributed by atoms with Gasteiger partial charge in [0.15, 0.2) is 0 Å². The molecule has 9 heteroatoms. The topological polar surface area (TPSA) is 77.9 Å². The largest absolute Gasteiger partial charge is 0.497 e. The minimum absolute atomic E-state index is 0.283. The molecule has 1 aromatic heterocycles. The molecule has 0 radical (unpaired) electrons. The van der Waals surface area contributed by atoms with E-state index in [-0.39, 0.29) is 6.61 Å². The van der Waals surface area contributed by atoms with E-state index in [2.05, 4.69) is 10.2 Å². The molecule has 1 N–H and O–H groups in total. The summed E-state index contributed by atoms with van der Waals surface area (Å²) >= 11 is 6.04. The number of methoxy groups -OCH3 is 2. The molecule has 0 atom stereocenters. The fourth-order valence-electron chi connectivity index (χ4n) is 3.73. The van der Waals surface area contributed by atoms with Crippen molar-refractivity contribution >= 4 is 23.4 Å². The Hall–Kier alpha value is -3.23. The molecule has 0 bridgehead atoms. The fraction of sp³-hybridized carbons (Fsp3) is 0.304. The standard InChI is InChI=1S/C23H25ClN4O4/c1-4-32-23(29)20-21(15-5-7-17(24)8-6-15)26-28-14-27(13-25-22(20)28)12-16-11-18(30-2)9-10-19(16)31-3/h5-11,25H,4,12-14H2,1-3H3. The summed E-state index contributed by atoms with van der Waals surface area (Å²) in [5.41, 5.74) is 2.77. The van der Waals surface area contributed by atoms with Crippen LogP contribution in [0.1, 0.15) is 22.8 Å². The van der Waals surface area contributed by atoms with Gasteiger partial charge < -0.3 is 19.5 Å². The van der Waals surface area contributed by atoms with Crippen LogP contribution in [0.4, 0.5) is 5.82 Å². The number of aromatic nitrogens is 2. The second kappa shape index (κ2) is 9.50. The Balaban J connectivity index is 1.66. The van der Waals surface area contributed by atoms with Gasteiger partial charge in [-0.1, -0.05) is 23.7 Å². The predicted molar refractivity (Wildman–Crippen MR) is 122 cm³/mol. The van der Waals surface area contributed by atoms with Crippen molar-refractivity contribution in [2.24, 2.45) is 0 Å². The Morgan fingerprint density at radius 2 is 1.94 bits per heavy atom. The fourth-order valence-corrected chi connectivity index (χ4v) is 3.85. The summed E-state index contributed by atoms with van der Waals surface area (Å²) in [5, 5.41) is 8.69. The van der Waals surface area contributed by atoms with E-state index in [0.717, 1.165) is 22.6 Å². The number of fused-ring (bicyclic) bond motifs is 1. The third kappa shape index (κ3) is 4.37. The average Bonchev–Trinajstić information content (AvgIpc) is 3.18. The van der Waals surface area contributed by atoms with Crippen LogP contribution in [0.15, 0.2) is 42.5 Å². The third-order valence-corrected chi connectivity index (χ3v) is 5.49. The lowest BCUT2D eigenvalue weighted by Gasteiger charge is -2.29. The molecule has 0 saturated carbocycles. The van der Waals surface area contributed by atoms with Gasteiger partial charge in [-0.05, 0) is 37.3 Å². The van der Waals surface area contributed by atoms with E-state index in [4.69, 9.17) is 30.9 Å². The number of rotatable bonds is 7. The van der Waals surface area contributed by atoms with Crippen molar-refractivity contribution in [2.45, 2.75) is 20.1 Å². The van der Waals surface area contributed by atoms with Gasteiger partial charge in [-0.15, -0.1) is 0 Å². The minimum Gasteiger partial charge on any atom is -0.497 e. The van der Waals surface area contributed by atoms with Crippen LogP contribution in [0.3, 0.4) is 0 Å². The molecule has 3 aromatic rings. The van der Waals surface area contributed by atoms with Gasteiger partial charge in [0.05, 0.1) is 34.2 Å². The number of nitrogens with zero attached hydrogens (tertiary/aromatic N) is 3. The maximum Gasteiger partial charge on any atom is 0.344 e. The zero-order valence-corrected chi connectivity index (χ0v) is 19.0. The van der Waals surface area contributed by atoms with Gasteiger partial charge in [-0.25, -0.2) is 9.48 Å². The van der Waals surface area contributed by atoms with Crippen LogP contribution in [0.2, 0.25) is 5.02 Å². The van der Waals surface area contributed by atoms with Gasteiger partial charge in [0.2, 0.25) is 0 Å². The highest BCUT2D eigenvalue weighted by atomic mass is 35.5. The molecule has 1 aliphatic rings. The molecule has 0 saturated heterocycles. The van der Waals surface area contributed by atoms with Crippen molar-refractivity contribution in [2.75, 3.05) is 32.8 Å². The lowest BCUT2D eigenvalue weighted by atomic mass is 10.1. The number of halogens is 1. The molecule has 4 rings (SSSR count). The molecule has 8 nitrogen and oxygen atoms in total. The highest BCUT2D eigenvalue weighted by Gasteiger charge is 2.29. The number of carbonyl (C=O) groups is 1. The molecule has 2 aromatic carbocycles. The van der Waals surface area contributed by atoms with E-state index in [1.165, 1.54) is 0 Å². The Morgan fingerprint density at radius 3 is 2.62 bits per heavy atom. The van der Waals surface area contributed by atoms with E-state index in [9.17, 15) is 4.79 Å². The van der Waals surface area contributed by atoms with Crippen LogP contribution in [-0.4, -0.2) is 48.1 Å². The highest BCUT2D eigenvalue weighted by Crippen LogP contribution is 2.33. The van der Waals surface area contributed by atoms with E-state index >= 15 is 0 Å². The van der Waals surface area contributed by atoms with Crippen molar-refractivity contribution in [3.63, 3.8) is 0 Å². The van der Waals surface area contributed by atoms with E-state index in [0.29, 0.717) is 42.0 Å². The molecule has 0 amide bonds. The smallest absolute Gasteiger partial charge is 0.344 e. The number of benzene rings is 2. The van der Waals surface area contributed by atoms with Gasteiger partial charge in [0.1, 0.15) is 28.6 Å². The molecular weight excluding hydrogens is 432 g/mol. The molecule has 0 spiro atoms. The summed E-state index contributed by atoms with van der Waals surface area (Å²) in [7, 11) is 3.29. The van der Waals surface area contributed by atoms with Crippen molar-refractivity contribution in [1.82, 2.24) is 14.7 Å². The Kier molecular flexibility index (Phi) is 6.53. The summed E-state index contributed by atoms with van der Waals surface area (Å²) in [6, 6.07) is 13.0. The number of nitrogens with one attached hydrogen (secondary N) is 1. The Morgan fingerprint density at radius 1 is 1.16 bits per heavy atom. The van der Waals surface area contributed by atoms with E-state index in [1.807, 2.05) is 30.3 Å². The van der Waals surface area contributed by atoms with Crippen molar-refractivity contribution < 1.29 is 19.0 Å². The first-order valence-electron chi connectivity index (χ1n) is 10.2. The monoisotopic (exact) mass is 456 g/mol. The lowest BCUT2D eigenvalue weighted by molar-refractivity contribution is 0.0527. The number of anilines is 1. The van der Waals surface area contributed by atoms with Crippen LogP contribution in [-0.2, 0) is 18.0 Å². The number of esters is 1. The Labute approximate surface area is 191 Å². The van der Waals surface area contributed by atoms with Gasteiger partial charge in [0.25, 0.3) is 0 Å². The second-order valence-corrected chi connectivity index (χ2v) is 7.72. The van der Waals surface area contributed by atoms with Gasteiger partial charge >= 0.3 is 5.97 Å². The molecule has 0 fully saturated rings. The zero-order valence-electron chi connectivity index (χ0n) is 18.2. The van der Waals surface area contributed by atoms with E-state index < -0.39 is 5.97 Å². The van der Waals surface area contributed by atoms with Crippen LogP contribution < -0.4 is 14.8 Å². The van der Waals surface area contributed by atoms with E-state index in [1.54, 1.807) is 38.0 Å². The molecule has 2 heterocycles. The highest BCUT2D eigenvalue weighted by molar-refractivity contribution is 6.30. The number of ether oxygens (including phenoxy) is 3. The lowest BCUT2D eigenvalue weighted by Crippen LogP contribution is -2.37. The SMILES string of the molecule is CCOC(=O)c1c(-c2ccc(Cl)cc2)nn2c1NCN(Cc1cc(OC)ccc1OC)C2. The van der Waals surface area contributed by atoms with Crippen molar-refractivity contribution in [3.05, 3.63) is 58.6 Å². The summed E-state index contributed by atoms with van der Waals surface area (Å²) < 4.78 is 18.0. The quantitative estimate of drug-likeness (QED) is 0.533. The van der Waals surface area contributed by atoms with Crippen LogP contribution in [0, 0.1) is 0 Å². The van der Waals surface area contributed by atoms with Crippen LogP contribution in [0.25, 0.3) is 11.3 Å². The van der Waals surface area contributed by atoms with Crippen LogP contribution >= 0.6 is 11.6 Å². The predicted octanol–water partition coefficient (Wildman–Crippen LogP) is 4.24. The van der Waals surface area contributed by atoms with Crippen molar-refractivity contribution in [1.29, 1.82) is 0 Å². The molecule has 0 aliphatic carbocycles. The maximum absolute atomic E-state index is 12.8. The zero-order chi connectivity index (χ0) is 22.7. The first kappa shape index (κ1) is 22.0.